The number of hydrazine groups is 1. The van der Waals surface area contributed by atoms with Gasteiger partial charge in [-0.25, -0.2) is 0 Å². The predicted molar refractivity (Wildman–Crippen MR) is 69.9 cm³/mol. The molecule has 0 aliphatic carbocycles. The Hall–Kier alpha value is -0.950. The lowest BCUT2D eigenvalue weighted by atomic mass is 10.1. The van der Waals surface area contributed by atoms with Crippen LogP contribution in [0.15, 0.2) is 12.4 Å². The first kappa shape index (κ1) is 15.1. The third-order valence-electron chi connectivity index (χ3n) is 2.69. The van der Waals surface area contributed by atoms with Gasteiger partial charge >= 0.3 is 0 Å². The largest absolute Gasteiger partial charge is 0.382 e. The highest BCUT2D eigenvalue weighted by Gasteiger charge is 2.11. The highest BCUT2D eigenvalue weighted by molar-refractivity contribution is 5.09. The summed E-state index contributed by atoms with van der Waals surface area (Å²) >= 11 is 0. The maximum atomic E-state index is 5.56. The van der Waals surface area contributed by atoms with Crippen molar-refractivity contribution in [3.8, 4) is 0 Å². The minimum absolute atomic E-state index is 0.0816. The summed E-state index contributed by atoms with van der Waals surface area (Å²) in [5, 5.41) is 4.29. The molecule has 0 saturated heterocycles. The molecule has 0 fully saturated rings. The Morgan fingerprint density at radius 3 is 2.94 bits per heavy atom. The molecule has 0 aliphatic heterocycles. The van der Waals surface area contributed by atoms with E-state index in [0.717, 1.165) is 24.9 Å². The second-order valence-electron chi connectivity index (χ2n) is 4.15. The van der Waals surface area contributed by atoms with E-state index in [2.05, 4.69) is 17.4 Å². The minimum Gasteiger partial charge on any atom is -0.382 e. The van der Waals surface area contributed by atoms with Gasteiger partial charge in [-0.2, -0.15) is 5.10 Å². The Balaban J connectivity index is 2.34. The van der Waals surface area contributed by atoms with Gasteiger partial charge in [0.15, 0.2) is 0 Å². The van der Waals surface area contributed by atoms with Crippen LogP contribution in [-0.4, -0.2) is 36.7 Å². The van der Waals surface area contributed by atoms with Crippen LogP contribution in [0.2, 0.25) is 0 Å². The van der Waals surface area contributed by atoms with Gasteiger partial charge in [0.05, 0.1) is 25.5 Å². The molecule has 1 atom stereocenters. The van der Waals surface area contributed by atoms with Crippen molar-refractivity contribution in [2.75, 3.05) is 26.9 Å². The zero-order valence-corrected chi connectivity index (χ0v) is 11.3. The molecular formula is C12H24N4O2. The zero-order chi connectivity index (χ0) is 13.2. The Morgan fingerprint density at radius 2 is 2.28 bits per heavy atom. The number of nitrogens with zero attached hydrogens (tertiary/aromatic N) is 2. The average Bonchev–Trinajstić information content (AvgIpc) is 2.83. The fourth-order valence-corrected chi connectivity index (χ4v) is 1.70. The molecule has 1 aromatic rings. The van der Waals surface area contributed by atoms with Gasteiger partial charge in [0.25, 0.3) is 0 Å². The molecule has 0 aromatic carbocycles. The molecule has 3 N–H and O–H groups in total. The Kier molecular flexibility index (Phi) is 7.59. The van der Waals surface area contributed by atoms with Crippen LogP contribution in [0.1, 0.15) is 31.4 Å². The van der Waals surface area contributed by atoms with E-state index < -0.39 is 0 Å². The molecule has 6 nitrogen and oxygen atoms in total. The van der Waals surface area contributed by atoms with Crippen LogP contribution in [0.3, 0.4) is 0 Å². The molecule has 1 unspecified atom stereocenters. The molecule has 0 saturated carbocycles. The second-order valence-corrected chi connectivity index (χ2v) is 4.15. The molecule has 1 heterocycles. The molecule has 18 heavy (non-hydrogen) atoms. The summed E-state index contributed by atoms with van der Waals surface area (Å²) in [6.07, 6.45) is 5.78. The normalized spacial score (nSPS) is 12.8. The van der Waals surface area contributed by atoms with E-state index >= 15 is 0 Å². The zero-order valence-electron chi connectivity index (χ0n) is 11.3. The van der Waals surface area contributed by atoms with Crippen LogP contribution in [0, 0.1) is 0 Å². The van der Waals surface area contributed by atoms with Crippen LogP contribution < -0.4 is 11.3 Å². The number of methoxy groups -OCH3 is 1. The fraction of sp³-hybridized carbons (Fsp3) is 0.750. The lowest BCUT2D eigenvalue weighted by Crippen LogP contribution is -2.28. The molecule has 0 amide bonds. The summed E-state index contributed by atoms with van der Waals surface area (Å²) in [5.41, 5.74) is 3.90. The summed E-state index contributed by atoms with van der Waals surface area (Å²) < 4.78 is 12.3. The lowest BCUT2D eigenvalue weighted by Gasteiger charge is -2.14. The monoisotopic (exact) mass is 256 g/mol. The molecule has 0 bridgehead atoms. The van der Waals surface area contributed by atoms with Crippen molar-refractivity contribution in [3.63, 3.8) is 0 Å². The van der Waals surface area contributed by atoms with Gasteiger partial charge in [0, 0.05) is 32.0 Å². The van der Waals surface area contributed by atoms with Crippen LogP contribution in [-0.2, 0) is 16.0 Å². The van der Waals surface area contributed by atoms with Gasteiger partial charge in [-0.05, 0) is 12.8 Å². The van der Waals surface area contributed by atoms with Crippen molar-refractivity contribution < 1.29 is 9.47 Å². The minimum atomic E-state index is 0.0816. The topological polar surface area (TPSA) is 74.3 Å². The summed E-state index contributed by atoms with van der Waals surface area (Å²) in [6, 6.07) is 0.0816. The maximum absolute atomic E-state index is 5.56. The number of nitrogens with two attached hydrogens (primary N) is 1. The van der Waals surface area contributed by atoms with Crippen molar-refractivity contribution in [2.45, 2.75) is 32.4 Å². The van der Waals surface area contributed by atoms with Crippen LogP contribution in [0.5, 0.6) is 0 Å². The summed E-state index contributed by atoms with van der Waals surface area (Å²) in [6.45, 7) is 4.94. The van der Waals surface area contributed by atoms with Crippen LogP contribution >= 0.6 is 0 Å². The molecule has 0 aliphatic rings. The van der Waals surface area contributed by atoms with Gasteiger partial charge in [-0.15, -0.1) is 0 Å². The van der Waals surface area contributed by atoms with Crippen molar-refractivity contribution >= 4 is 0 Å². The fourth-order valence-electron chi connectivity index (χ4n) is 1.70. The van der Waals surface area contributed by atoms with Gasteiger partial charge < -0.3 is 9.47 Å². The number of rotatable bonds is 10. The van der Waals surface area contributed by atoms with Crippen LogP contribution in [0.4, 0.5) is 0 Å². The summed E-state index contributed by atoms with van der Waals surface area (Å²) in [4.78, 5) is 0. The maximum Gasteiger partial charge on any atom is 0.0700 e. The molecule has 6 heteroatoms. The number of aryl methyl sites for hydroxylation is 1. The summed E-state index contributed by atoms with van der Waals surface area (Å²) in [5.74, 6) is 5.56. The van der Waals surface area contributed by atoms with Crippen molar-refractivity contribution in [2.24, 2.45) is 5.84 Å². The van der Waals surface area contributed by atoms with Gasteiger partial charge in [0.1, 0.15) is 0 Å². The quantitative estimate of drug-likeness (QED) is 0.369. The van der Waals surface area contributed by atoms with Gasteiger partial charge in [-0.3, -0.25) is 16.0 Å². The number of aromatic nitrogens is 2. The SMILES string of the molecule is CCCn1cc(C(CCOCCOC)NN)cn1. The van der Waals surface area contributed by atoms with Crippen molar-refractivity contribution in [1.29, 1.82) is 0 Å². The molecule has 1 aromatic heterocycles. The van der Waals surface area contributed by atoms with E-state index in [1.54, 1.807) is 7.11 Å². The van der Waals surface area contributed by atoms with E-state index in [4.69, 9.17) is 15.3 Å². The Bertz CT molecular complexity index is 317. The number of nitrogens with one attached hydrogen (secondary N) is 1. The van der Waals surface area contributed by atoms with Gasteiger partial charge in [-0.1, -0.05) is 6.92 Å². The number of ether oxygens (including phenoxy) is 2. The highest BCUT2D eigenvalue weighted by atomic mass is 16.5. The highest BCUT2D eigenvalue weighted by Crippen LogP contribution is 2.15. The average molecular weight is 256 g/mol. The van der Waals surface area contributed by atoms with E-state index in [9.17, 15) is 0 Å². The summed E-state index contributed by atoms with van der Waals surface area (Å²) in [7, 11) is 1.66. The van der Waals surface area contributed by atoms with E-state index in [-0.39, 0.29) is 6.04 Å². The molecular weight excluding hydrogens is 232 g/mol. The Labute approximate surface area is 108 Å². The molecule has 104 valence electrons. The standard InChI is InChI=1S/C12H24N4O2/c1-3-5-16-10-11(9-14-16)12(15-13)4-6-18-8-7-17-2/h9-10,12,15H,3-8,13H2,1-2H3. The van der Waals surface area contributed by atoms with Crippen LogP contribution in [0.25, 0.3) is 0 Å². The van der Waals surface area contributed by atoms with E-state index in [0.29, 0.717) is 19.8 Å². The van der Waals surface area contributed by atoms with E-state index in [1.807, 2.05) is 17.1 Å². The first-order valence-corrected chi connectivity index (χ1v) is 6.37. The number of hydrogen-bond donors (Lipinski definition) is 2. The third kappa shape index (κ3) is 5.14. The molecule has 0 spiro atoms. The van der Waals surface area contributed by atoms with Crippen molar-refractivity contribution in [1.82, 2.24) is 15.2 Å². The van der Waals surface area contributed by atoms with E-state index in [1.165, 1.54) is 0 Å². The smallest absolute Gasteiger partial charge is 0.0700 e. The predicted octanol–water partition coefficient (Wildman–Crippen LogP) is 0.851. The Morgan fingerprint density at radius 1 is 1.44 bits per heavy atom. The van der Waals surface area contributed by atoms with Crippen molar-refractivity contribution in [3.05, 3.63) is 18.0 Å². The van der Waals surface area contributed by atoms with Gasteiger partial charge in [0.2, 0.25) is 0 Å². The molecule has 0 radical (unpaired) electrons. The first-order chi connectivity index (χ1) is 8.81. The lowest BCUT2D eigenvalue weighted by molar-refractivity contribution is 0.0657. The molecule has 1 rings (SSSR count). The third-order valence-corrected chi connectivity index (χ3v) is 2.69. The number of hydrogen-bond acceptors (Lipinski definition) is 5. The second kappa shape index (κ2) is 9.04. The first-order valence-electron chi connectivity index (χ1n) is 6.37.